The van der Waals surface area contributed by atoms with Crippen molar-refractivity contribution in [2.45, 2.75) is 85.8 Å². The normalized spacial score (nSPS) is 13.5. The van der Waals surface area contributed by atoms with E-state index in [0.717, 1.165) is 89.8 Å². The number of hydrogen-bond acceptors (Lipinski definition) is 6. The molecule has 2 aliphatic heterocycles. The second-order valence-electron chi connectivity index (χ2n) is 22.4. The zero-order chi connectivity index (χ0) is 54.7. The van der Waals surface area contributed by atoms with Crippen LogP contribution in [0.3, 0.4) is 0 Å². The first kappa shape index (κ1) is 51.8. The standard InChI is InChI=1S/C38H30N2O2S.C32H32O2S/c1-27-23-33-34-24-28(2)36(40(31-19-11-5-12-20-31)32-21-13-6-14-22-32)26-38(34)43(41,42)37(33)25-35(27)39(29-15-7-3-8-16-29)30-17-9-4-10-18-30;1-31(2,3)25-13-7-21(8-14-25)23-11-17-29-27(19-23)28-20-24(12-18-30(28)35(29,33)34)22-9-15-26(16-10-22)32(4,5)6/h3-26H,1-2H3;7-20H,1-6H3. The lowest BCUT2D eigenvalue weighted by atomic mass is 9.86. The summed E-state index contributed by atoms with van der Waals surface area (Å²) >= 11 is 0. The van der Waals surface area contributed by atoms with Crippen molar-refractivity contribution >= 4 is 53.8 Å². The first-order valence-electron chi connectivity index (χ1n) is 26.4. The number of para-hydroxylation sites is 4. The minimum Gasteiger partial charge on any atom is -0.310 e. The highest BCUT2D eigenvalue weighted by atomic mass is 32.2. The van der Waals surface area contributed by atoms with Gasteiger partial charge >= 0.3 is 0 Å². The molecule has 0 amide bonds. The number of anilines is 6. The highest BCUT2D eigenvalue weighted by Gasteiger charge is 2.37. The molecule has 10 aromatic carbocycles. The molecule has 8 heteroatoms. The molecule has 0 bridgehead atoms. The molecule has 0 saturated carbocycles. The van der Waals surface area contributed by atoms with Crippen LogP contribution in [0.25, 0.3) is 44.5 Å². The third kappa shape index (κ3) is 9.54. The molecular weight excluding hydrogens is 997 g/mol. The maximum absolute atomic E-state index is 14.4. The summed E-state index contributed by atoms with van der Waals surface area (Å²) in [7, 11) is -7.31. The average Bonchev–Trinajstić information content (AvgIpc) is 4.06. The lowest BCUT2D eigenvalue weighted by Gasteiger charge is -2.27. The van der Waals surface area contributed by atoms with E-state index in [4.69, 9.17) is 0 Å². The minimum absolute atomic E-state index is 0.0883. The van der Waals surface area contributed by atoms with E-state index in [9.17, 15) is 16.8 Å². The van der Waals surface area contributed by atoms with Gasteiger partial charge in [0.1, 0.15) is 0 Å². The van der Waals surface area contributed by atoms with Crippen molar-refractivity contribution < 1.29 is 16.8 Å². The molecule has 0 atom stereocenters. The first-order chi connectivity index (χ1) is 37.3. The van der Waals surface area contributed by atoms with Crippen LogP contribution in [0, 0.1) is 13.8 Å². The molecule has 78 heavy (non-hydrogen) atoms. The summed E-state index contributed by atoms with van der Waals surface area (Å²) in [4.78, 5) is 5.70. The van der Waals surface area contributed by atoms with Crippen LogP contribution in [0.5, 0.6) is 0 Å². The van der Waals surface area contributed by atoms with Crippen LogP contribution in [0.4, 0.5) is 34.1 Å². The average molecular weight is 1060 g/mol. The largest absolute Gasteiger partial charge is 0.310 e. The molecular formula is C70H62N2O4S2. The molecule has 0 saturated heterocycles. The highest BCUT2D eigenvalue weighted by Crippen LogP contribution is 2.51. The fourth-order valence-corrected chi connectivity index (χ4v) is 14.1. The molecule has 2 heterocycles. The van der Waals surface area contributed by atoms with Gasteiger partial charge in [-0.2, -0.15) is 0 Å². The van der Waals surface area contributed by atoms with Gasteiger partial charge in [-0.05, 0) is 166 Å². The van der Waals surface area contributed by atoms with Gasteiger partial charge in [-0.1, -0.05) is 175 Å². The highest BCUT2D eigenvalue weighted by molar-refractivity contribution is 7.92. The number of fused-ring (bicyclic) bond motifs is 6. The molecule has 0 spiro atoms. The van der Waals surface area contributed by atoms with Gasteiger partial charge in [-0.15, -0.1) is 0 Å². The van der Waals surface area contributed by atoms with Crippen molar-refractivity contribution in [3.8, 4) is 44.5 Å². The van der Waals surface area contributed by atoms with E-state index in [0.29, 0.717) is 19.6 Å². The summed E-state index contributed by atoms with van der Waals surface area (Å²) in [6, 6.07) is 76.5. The summed E-state index contributed by atoms with van der Waals surface area (Å²) < 4.78 is 55.3. The predicted octanol–water partition coefficient (Wildman–Crippen LogP) is 18.5. The molecule has 0 N–H and O–H groups in total. The van der Waals surface area contributed by atoms with E-state index >= 15 is 0 Å². The smallest absolute Gasteiger partial charge is 0.207 e. The molecule has 0 aliphatic carbocycles. The molecule has 2 aliphatic rings. The molecule has 12 rings (SSSR count). The number of hydrogen-bond donors (Lipinski definition) is 0. The zero-order valence-electron chi connectivity index (χ0n) is 45.3. The lowest BCUT2D eigenvalue weighted by molar-refractivity contribution is 0.590. The summed E-state index contributed by atoms with van der Waals surface area (Å²) in [6.45, 7) is 17.3. The Labute approximate surface area is 460 Å². The Morgan fingerprint density at radius 2 is 0.564 bits per heavy atom. The predicted molar refractivity (Wildman–Crippen MR) is 322 cm³/mol. The monoisotopic (exact) mass is 1060 g/mol. The van der Waals surface area contributed by atoms with Gasteiger partial charge in [0.05, 0.1) is 31.0 Å². The molecule has 0 fully saturated rings. The SMILES string of the molecule is CC(C)(C)c1ccc(-c2ccc3c(c2)-c2cc(-c4ccc(C(C)(C)C)cc4)ccc2S3(=O)=O)cc1.Cc1cc2c(cc1N(c1ccccc1)c1ccccc1)S(=O)(=O)c1cc(N(c3ccccc3)c3ccccc3)c(C)cc1-2. The van der Waals surface area contributed by atoms with E-state index < -0.39 is 19.7 Å². The van der Waals surface area contributed by atoms with Crippen LogP contribution in [0.15, 0.2) is 250 Å². The second kappa shape index (κ2) is 19.9. The fourth-order valence-electron chi connectivity index (χ4n) is 10.7. The summed E-state index contributed by atoms with van der Waals surface area (Å²) in [5, 5.41) is 0. The van der Waals surface area contributed by atoms with Crippen LogP contribution in [0.1, 0.15) is 63.8 Å². The lowest BCUT2D eigenvalue weighted by Crippen LogP contribution is -2.12. The van der Waals surface area contributed by atoms with Crippen molar-refractivity contribution in [3.63, 3.8) is 0 Å². The maximum atomic E-state index is 14.4. The molecule has 388 valence electrons. The number of sulfone groups is 2. The van der Waals surface area contributed by atoms with Crippen LogP contribution in [-0.2, 0) is 30.5 Å². The van der Waals surface area contributed by atoms with Gasteiger partial charge < -0.3 is 9.80 Å². The Balaban J connectivity index is 0.000000169. The Kier molecular flexibility index (Phi) is 13.2. The quantitative estimate of drug-likeness (QED) is 0.151. The van der Waals surface area contributed by atoms with Crippen LogP contribution in [0.2, 0.25) is 0 Å². The van der Waals surface area contributed by atoms with Gasteiger partial charge in [0.15, 0.2) is 0 Å². The summed E-state index contributed by atoms with van der Waals surface area (Å²) in [5.41, 5.74) is 17.5. The van der Waals surface area contributed by atoms with Crippen molar-refractivity contribution in [1.82, 2.24) is 0 Å². The van der Waals surface area contributed by atoms with Crippen molar-refractivity contribution in [2.24, 2.45) is 0 Å². The van der Waals surface area contributed by atoms with E-state index in [1.54, 1.807) is 12.1 Å². The minimum atomic E-state index is -3.79. The van der Waals surface area contributed by atoms with Gasteiger partial charge in [0, 0.05) is 45.0 Å². The fraction of sp³-hybridized carbons (Fsp3) is 0.143. The third-order valence-electron chi connectivity index (χ3n) is 15.0. The van der Waals surface area contributed by atoms with E-state index in [-0.39, 0.29) is 10.8 Å². The van der Waals surface area contributed by atoms with Gasteiger partial charge in [-0.25, -0.2) is 16.8 Å². The van der Waals surface area contributed by atoms with Gasteiger partial charge in [0.25, 0.3) is 0 Å². The third-order valence-corrected chi connectivity index (χ3v) is 18.7. The molecule has 0 aromatic heterocycles. The van der Waals surface area contributed by atoms with Gasteiger partial charge in [0.2, 0.25) is 19.7 Å². The van der Waals surface area contributed by atoms with E-state index in [1.165, 1.54) is 11.1 Å². The Hall–Kier alpha value is -8.30. The number of nitrogens with zero attached hydrogens (tertiary/aromatic N) is 2. The van der Waals surface area contributed by atoms with Gasteiger partial charge in [-0.3, -0.25) is 0 Å². The van der Waals surface area contributed by atoms with Crippen molar-refractivity contribution in [3.05, 3.63) is 253 Å². The van der Waals surface area contributed by atoms with Crippen molar-refractivity contribution in [2.75, 3.05) is 9.80 Å². The molecule has 10 aromatic rings. The number of benzene rings is 10. The topological polar surface area (TPSA) is 74.8 Å². The second-order valence-corrected chi connectivity index (χ2v) is 26.1. The Morgan fingerprint density at radius 3 is 0.859 bits per heavy atom. The number of rotatable bonds is 8. The zero-order valence-corrected chi connectivity index (χ0v) is 46.9. The summed E-state index contributed by atoms with van der Waals surface area (Å²) in [5.74, 6) is 0. The Bertz CT molecular complexity index is 3780. The number of aryl methyl sites for hydroxylation is 2. The summed E-state index contributed by atoms with van der Waals surface area (Å²) in [6.07, 6.45) is 0. The van der Waals surface area contributed by atoms with Crippen LogP contribution < -0.4 is 9.80 Å². The Morgan fingerprint density at radius 1 is 0.295 bits per heavy atom. The van der Waals surface area contributed by atoms with Crippen LogP contribution in [-0.4, -0.2) is 16.8 Å². The molecule has 0 unspecified atom stereocenters. The first-order valence-corrected chi connectivity index (χ1v) is 29.4. The van der Waals surface area contributed by atoms with Crippen LogP contribution >= 0.6 is 0 Å². The molecule has 6 nitrogen and oxygen atoms in total. The van der Waals surface area contributed by atoms with Crippen molar-refractivity contribution in [1.29, 1.82) is 0 Å². The van der Waals surface area contributed by atoms with E-state index in [2.05, 4.69) is 99.9 Å². The maximum Gasteiger partial charge on any atom is 0.207 e. The van der Waals surface area contributed by atoms with E-state index in [1.807, 2.05) is 184 Å². The molecule has 0 radical (unpaired) electrons.